The van der Waals surface area contributed by atoms with Crippen molar-refractivity contribution < 1.29 is 4.79 Å². The van der Waals surface area contributed by atoms with Gasteiger partial charge in [0.1, 0.15) is 5.92 Å². The molecule has 4 nitrogen and oxygen atoms in total. The van der Waals surface area contributed by atoms with Crippen LogP contribution in [0.15, 0.2) is 70.8 Å². The second kappa shape index (κ2) is 7.01. The number of hydrogen-bond donors (Lipinski definition) is 0. The van der Waals surface area contributed by atoms with Gasteiger partial charge in [-0.15, -0.1) is 0 Å². The van der Waals surface area contributed by atoms with Gasteiger partial charge in [0.15, 0.2) is 0 Å². The van der Waals surface area contributed by atoms with Crippen LogP contribution in [0.4, 0.5) is 5.69 Å². The summed E-state index contributed by atoms with van der Waals surface area (Å²) >= 11 is 0. The fraction of sp³-hybridized carbons (Fsp3) is 0.211. The van der Waals surface area contributed by atoms with Gasteiger partial charge in [-0.25, -0.2) is 0 Å². The highest BCUT2D eigenvalue weighted by Crippen LogP contribution is 2.22. The molecule has 1 aliphatic rings. The number of para-hydroxylation sites is 1. The molecule has 0 fully saturated rings. The van der Waals surface area contributed by atoms with Gasteiger partial charge in [0.2, 0.25) is 0 Å². The molecule has 116 valence electrons. The summed E-state index contributed by atoms with van der Waals surface area (Å²) in [6.45, 7) is 2.54. The van der Waals surface area contributed by atoms with E-state index in [4.69, 9.17) is 0 Å². The van der Waals surface area contributed by atoms with Crippen molar-refractivity contribution in [1.29, 1.82) is 0 Å². The van der Waals surface area contributed by atoms with E-state index in [1.165, 1.54) is 10.6 Å². The molecule has 1 aliphatic heterocycles. The van der Waals surface area contributed by atoms with Crippen molar-refractivity contribution in [2.75, 3.05) is 11.6 Å². The number of hydrogen-bond acceptors (Lipinski definition) is 3. The quantitative estimate of drug-likeness (QED) is 0.781. The maximum Gasteiger partial charge on any atom is 0.261 e. The van der Waals surface area contributed by atoms with Gasteiger partial charge >= 0.3 is 0 Å². The van der Waals surface area contributed by atoms with Crippen LogP contribution < -0.4 is 5.01 Å². The number of anilines is 1. The van der Waals surface area contributed by atoms with Crippen LogP contribution in [0.25, 0.3) is 0 Å². The Morgan fingerprint density at radius 3 is 2.43 bits per heavy atom. The highest BCUT2D eigenvalue weighted by atomic mass is 16.2. The van der Waals surface area contributed by atoms with Gasteiger partial charge < -0.3 is 0 Å². The van der Waals surface area contributed by atoms with E-state index in [0.717, 1.165) is 17.8 Å². The van der Waals surface area contributed by atoms with E-state index in [2.05, 4.69) is 22.2 Å². The second-order valence-corrected chi connectivity index (χ2v) is 5.50. The van der Waals surface area contributed by atoms with Crippen molar-refractivity contribution in [2.24, 2.45) is 16.0 Å². The molecular weight excluding hydrogens is 286 g/mol. The maximum absolute atomic E-state index is 12.5. The predicted octanol–water partition coefficient (Wildman–Crippen LogP) is 3.34. The van der Waals surface area contributed by atoms with Crippen LogP contribution in [-0.4, -0.2) is 24.4 Å². The van der Waals surface area contributed by atoms with Gasteiger partial charge in [-0.05, 0) is 31.0 Å². The summed E-state index contributed by atoms with van der Waals surface area (Å²) in [7, 11) is 0. The topological polar surface area (TPSA) is 45.0 Å². The van der Waals surface area contributed by atoms with Gasteiger partial charge in [-0.1, -0.05) is 48.5 Å². The van der Waals surface area contributed by atoms with E-state index in [-0.39, 0.29) is 11.8 Å². The van der Waals surface area contributed by atoms with Crippen molar-refractivity contribution >= 4 is 23.5 Å². The number of amides is 1. The molecule has 0 aromatic heterocycles. The van der Waals surface area contributed by atoms with Crippen LogP contribution in [0.5, 0.6) is 0 Å². The number of benzene rings is 2. The standard InChI is InChI=1S/C19H19N3O/c1-15-18(14-20-13-12-16-8-4-2-5-9-16)19(23)22(21-15)17-10-6-3-7-11-17/h2-11,14,18H,12-13H2,1H3/t18-/m0/s1. The Morgan fingerprint density at radius 1 is 1.09 bits per heavy atom. The van der Waals surface area contributed by atoms with Crippen LogP contribution in [-0.2, 0) is 11.2 Å². The molecule has 2 aromatic carbocycles. The second-order valence-electron chi connectivity index (χ2n) is 5.50. The van der Waals surface area contributed by atoms with Gasteiger partial charge in [0.25, 0.3) is 5.91 Å². The zero-order valence-corrected chi connectivity index (χ0v) is 13.1. The van der Waals surface area contributed by atoms with Crippen molar-refractivity contribution in [2.45, 2.75) is 13.3 Å². The van der Waals surface area contributed by atoms with Crippen LogP contribution in [0, 0.1) is 5.92 Å². The number of carbonyl (C=O) groups excluding carboxylic acids is 1. The fourth-order valence-electron chi connectivity index (χ4n) is 2.52. The SMILES string of the molecule is CC1=NN(c2ccccc2)C(=O)[C@H]1C=NCCc1ccccc1. The molecule has 0 N–H and O–H groups in total. The first-order valence-electron chi connectivity index (χ1n) is 7.73. The van der Waals surface area contributed by atoms with E-state index >= 15 is 0 Å². The molecule has 1 heterocycles. The number of rotatable bonds is 5. The normalized spacial score (nSPS) is 17.8. The molecule has 0 radical (unpaired) electrons. The molecule has 0 spiro atoms. The lowest BCUT2D eigenvalue weighted by molar-refractivity contribution is -0.118. The molecule has 1 atom stereocenters. The maximum atomic E-state index is 12.5. The summed E-state index contributed by atoms with van der Waals surface area (Å²) in [5.74, 6) is -0.400. The van der Waals surface area contributed by atoms with E-state index < -0.39 is 0 Å². The summed E-state index contributed by atoms with van der Waals surface area (Å²) in [5.41, 5.74) is 2.82. The van der Waals surface area contributed by atoms with Crippen LogP contribution in [0.2, 0.25) is 0 Å². The lowest BCUT2D eigenvalue weighted by Gasteiger charge is -2.12. The molecule has 0 unspecified atom stereocenters. The molecule has 0 saturated heterocycles. The number of carbonyl (C=O) groups is 1. The Hall–Kier alpha value is -2.75. The Balaban J connectivity index is 1.62. The lowest BCUT2D eigenvalue weighted by atomic mass is 10.1. The Bertz CT molecular complexity index is 723. The zero-order chi connectivity index (χ0) is 16.1. The van der Waals surface area contributed by atoms with Crippen LogP contribution >= 0.6 is 0 Å². The van der Waals surface area contributed by atoms with Gasteiger partial charge in [-0.3, -0.25) is 9.79 Å². The first-order chi connectivity index (χ1) is 11.3. The van der Waals surface area contributed by atoms with Crippen molar-refractivity contribution in [3.8, 4) is 0 Å². The molecule has 2 aromatic rings. The van der Waals surface area contributed by atoms with Crippen LogP contribution in [0.3, 0.4) is 0 Å². The minimum absolute atomic E-state index is 0.0443. The Morgan fingerprint density at radius 2 is 1.74 bits per heavy atom. The molecule has 3 rings (SSSR count). The molecular formula is C19H19N3O. The van der Waals surface area contributed by atoms with Gasteiger partial charge in [-0.2, -0.15) is 10.1 Å². The third-order valence-corrected chi connectivity index (χ3v) is 3.81. The van der Waals surface area contributed by atoms with E-state index in [9.17, 15) is 4.79 Å². The Kier molecular flexibility index (Phi) is 4.62. The number of aliphatic imine (C=N–C) groups is 1. The summed E-state index contributed by atoms with van der Waals surface area (Å²) in [6, 6.07) is 19.7. The van der Waals surface area contributed by atoms with E-state index in [0.29, 0.717) is 6.54 Å². The molecule has 0 aliphatic carbocycles. The van der Waals surface area contributed by atoms with Gasteiger partial charge in [0.05, 0.1) is 11.4 Å². The van der Waals surface area contributed by atoms with Crippen molar-refractivity contribution in [3.63, 3.8) is 0 Å². The van der Waals surface area contributed by atoms with Gasteiger partial charge in [0, 0.05) is 12.8 Å². The minimum atomic E-state index is -0.356. The first-order valence-corrected chi connectivity index (χ1v) is 7.73. The molecule has 0 bridgehead atoms. The summed E-state index contributed by atoms with van der Waals surface area (Å²) in [4.78, 5) is 16.9. The zero-order valence-electron chi connectivity index (χ0n) is 13.1. The van der Waals surface area contributed by atoms with Crippen molar-refractivity contribution in [1.82, 2.24) is 0 Å². The Labute approximate surface area is 136 Å². The summed E-state index contributed by atoms with van der Waals surface area (Å²) in [5, 5.41) is 5.83. The molecule has 1 amide bonds. The third kappa shape index (κ3) is 3.54. The highest BCUT2D eigenvalue weighted by Gasteiger charge is 2.32. The average Bonchev–Trinajstić information content (AvgIpc) is 2.88. The van der Waals surface area contributed by atoms with E-state index in [1.807, 2.05) is 55.5 Å². The number of hydrazone groups is 1. The minimum Gasteiger partial charge on any atom is -0.296 e. The monoisotopic (exact) mass is 305 g/mol. The molecule has 4 heteroatoms. The fourth-order valence-corrected chi connectivity index (χ4v) is 2.52. The first kappa shape index (κ1) is 15.2. The summed E-state index contributed by atoms with van der Waals surface area (Å²) in [6.07, 6.45) is 2.60. The van der Waals surface area contributed by atoms with E-state index in [1.54, 1.807) is 6.21 Å². The van der Waals surface area contributed by atoms with Crippen molar-refractivity contribution in [3.05, 3.63) is 66.2 Å². The lowest BCUT2D eigenvalue weighted by Crippen LogP contribution is -2.28. The summed E-state index contributed by atoms with van der Waals surface area (Å²) < 4.78 is 0. The number of nitrogens with zero attached hydrogens (tertiary/aromatic N) is 3. The predicted molar refractivity (Wildman–Crippen MR) is 94.0 cm³/mol. The largest absolute Gasteiger partial charge is 0.296 e. The third-order valence-electron chi connectivity index (χ3n) is 3.81. The van der Waals surface area contributed by atoms with Crippen LogP contribution in [0.1, 0.15) is 12.5 Å². The molecule has 0 saturated carbocycles. The average molecular weight is 305 g/mol. The smallest absolute Gasteiger partial charge is 0.261 e. The molecule has 23 heavy (non-hydrogen) atoms. The highest BCUT2D eigenvalue weighted by molar-refractivity contribution is 6.23.